The molecule has 0 bridgehead atoms. The van der Waals surface area contributed by atoms with Gasteiger partial charge >= 0.3 is 0 Å². The van der Waals surface area contributed by atoms with Gasteiger partial charge < -0.3 is 20.9 Å². The van der Waals surface area contributed by atoms with E-state index in [1.54, 1.807) is 6.20 Å². The number of nitrogens with two attached hydrogens (primary N) is 1. The van der Waals surface area contributed by atoms with Gasteiger partial charge in [-0.25, -0.2) is 9.97 Å². The van der Waals surface area contributed by atoms with E-state index in [2.05, 4.69) is 15.1 Å². The Morgan fingerprint density at radius 3 is 2.81 bits per heavy atom. The van der Waals surface area contributed by atoms with E-state index in [-0.39, 0.29) is 11.9 Å². The summed E-state index contributed by atoms with van der Waals surface area (Å²) in [7, 11) is 0. The predicted molar refractivity (Wildman–Crippen MR) is 57.4 cm³/mol. The molecule has 1 unspecified atom stereocenters. The fraction of sp³-hybridized carbons (Fsp3) is 0.444. The molecule has 7 nitrogen and oxygen atoms in total. The van der Waals surface area contributed by atoms with Crippen LogP contribution < -0.4 is 10.6 Å². The van der Waals surface area contributed by atoms with Crippen molar-refractivity contribution in [3.8, 4) is 0 Å². The highest BCUT2D eigenvalue weighted by atomic mass is 16.4. The predicted octanol–water partition coefficient (Wildman–Crippen LogP) is -0.858. The molecule has 86 valence electrons. The highest BCUT2D eigenvalue weighted by Crippen LogP contribution is 2.16. The zero-order valence-electron chi connectivity index (χ0n) is 8.61. The molecule has 1 aliphatic heterocycles. The third-order valence-electron chi connectivity index (χ3n) is 2.50. The van der Waals surface area contributed by atoms with Crippen molar-refractivity contribution >= 4 is 11.7 Å². The van der Waals surface area contributed by atoms with Gasteiger partial charge in [-0.05, 0) is 6.42 Å². The van der Waals surface area contributed by atoms with Gasteiger partial charge in [0, 0.05) is 13.1 Å². The van der Waals surface area contributed by atoms with E-state index in [1.165, 1.54) is 6.20 Å². The first kappa shape index (κ1) is 10.6. The molecule has 0 amide bonds. The minimum Gasteiger partial charge on any atom is -0.409 e. The Bertz CT molecular complexity index is 391. The monoisotopic (exact) mass is 223 g/mol. The van der Waals surface area contributed by atoms with Crippen molar-refractivity contribution in [2.24, 2.45) is 10.9 Å². The number of amidine groups is 1. The van der Waals surface area contributed by atoms with Gasteiger partial charge in [-0.15, -0.1) is 0 Å². The minimum absolute atomic E-state index is 0.0690. The molecule has 1 aromatic heterocycles. The van der Waals surface area contributed by atoms with E-state index < -0.39 is 0 Å². The van der Waals surface area contributed by atoms with E-state index in [4.69, 9.17) is 10.9 Å². The van der Waals surface area contributed by atoms with Gasteiger partial charge in [-0.1, -0.05) is 5.16 Å². The first-order valence-corrected chi connectivity index (χ1v) is 4.93. The fourth-order valence-corrected chi connectivity index (χ4v) is 1.62. The molecule has 2 heterocycles. The molecule has 1 aliphatic rings. The number of nitrogens with zero attached hydrogens (tertiary/aromatic N) is 4. The second-order valence-corrected chi connectivity index (χ2v) is 3.63. The number of rotatable bonds is 2. The molecular formula is C9H13N5O2. The van der Waals surface area contributed by atoms with Crippen LogP contribution in [-0.2, 0) is 0 Å². The van der Waals surface area contributed by atoms with Gasteiger partial charge in [0.05, 0.1) is 18.5 Å². The second kappa shape index (κ2) is 4.31. The van der Waals surface area contributed by atoms with Gasteiger partial charge in [0.15, 0.2) is 5.84 Å². The van der Waals surface area contributed by atoms with Crippen molar-refractivity contribution in [3.63, 3.8) is 0 Å². The standard InChI is InChI=1S/C9H13N5O2/c10-9(13-16)7-3-12-8(4-11-7)14-2-1-6(15)5-14/h3-4,6,15-16H,1-2,5H2,(H2,10,13). The lowest BCUT2D eigenvalue weighted by molar-refractivity contribution is 0.198. The van der Waals surface area contributed by atoms with E-state index >= 15 is 0 Å². The van der Waals surface area contributed by atoms with Gasteiger partial charge in [0.25, 0.3) is 0 Å². The average molecular weight is 223 g/mol. The maximum absolute atomic E-state index is 9.38. The number of β-amino-alcohol motifs (C(OH)–C–C–N with tert-alkyl or cyclic N) is 1. The van der Waals surface area contributed by atoms with Crippen molar-refractivity contribution in [3.05, 3.63) is 18.1 Å². The van der Waals surface area contributed by atoms with Crippen LogP contribution in [0.1, 0.15) is 12.1 Å². The molecule has 2 rings (SSSR count). The number of anilines is 1. The molecule has 0 spiro atoms. The summed E-state index contributed by atoms with van der Waals surface area (Å²) in [6, 6.07) is 0. The summed E-state index contributed by atoms with van der Waals surface area (Å²) < 4.78 is 0. The molecule has 0 radical (unpaired) electrons. The zero-order chi connectivity index (χ0) is 11.5. The lowest BCUT2D eigenvalue weighted by Gasteiger charge is -2.15. The van der Waals surface area contributed by atoms with Crippen LogP contribution in [0.5, 0.6) is 0 Å². The van der Waals surface area contributed by atoms with E-state index in [9.17, 15) is 5.11 Å². The Labute approximate surface area is 92.2 Å². The highest BCUT2D eigenvalue weighted by Gasteiger charge is 2.21. The maximum Gasteiger partial charge on any atom is 0.190 e. The number of aromatic nitrogens is 2. The smallest absolute Gasteiger partial charge is 0.190 e. The summed E-state index contributed by atoms with van der Waals surface area (Å²) in [5.41, 5.74) is 5.69. The number of oxime groups is 1. The minimum atomic E-state index is -0.300. The molecule has 0 saturated carbocycles. The Kier molecular flexibility index (Phi) is 2.86. The number of aliphatic hydroxyl groups excluding tert-OH is 1. The topological polar surface area (TPSA) is 108 Å². The van der Waals surface area contributed by atoms with Crippen LogP contribution in [0, 0.1) is 0 Å². The van der Waals surface area contributed by atoms with Gasteiger partial charge in [0.2, 0.25) is 0 Å². The van der Waals surface area contributed by atoms with Crippen LogP contribution in [0.2, 0.25) is 0 Å². The summed E-state index contributed by atoms with van der Waals surface area (Å²) in [4.78, 5) is 10.1. The number of aliphatic hydroxyl groups is 1. The second-order valence-electron chi connectivity index (χ2n) is 3.63. The van der Waals surface area contributed by atoms with Gasteiger partial charge in [-0.2, -0.15) is 0 Å². The van der Waals surface area contributed by atoms with Crippen molar-refractivity contribution < 1.29 is 10.3 Å². The first-order valence-electron chi connectivity index (χ1n) is 4.93. The van der Waals surface area contributed by atoms with Crippen molar-refractivity contribution in [1.82, 2.24) is 9.97 Å². The van der Waals surface area contributed by atoms with Gasteiger partial charge in [-0.3, -0.25) is 0 Å². The third-order valence-corrected chi connectivity index (χ3v) is 2.50. The Balaban J connectivity index is 2.13. The Hall–Kier alpha value is -1.89. The quantitative estimate of drug-likeness (QED) is 0.261. The van der Waals surface area contributed by atoms with Crippen molar-refractivity contribution in [2.75, 3.05) is 18.0 Å². The van der Waals surface area contributed by atoms with Crippen LogP contribution in [0.4, 0.5) is 5.82 Å². The van der Waals surface area contributed by atoms with Crippen LogP contribution in [0.25, 0.3) is 0 Å². The van der Waals surface area contributed by atoms with Crippen molar-refractivity contribution in [1.29, 1.82) is 0 Å². The lowest BCUT2D eigenvalue weighted by Crippen LogP contribution is -2.23. The van der Waals surface area contributed by atoms with Crippen molar-refractivity contribution in [2.45, 2.75) is 12.5 Å². The number of hydrogen-bond donors (Lipinski definition) is 3. The largest absolute Gasteiger partial charge is 0.409 e. The van der Waals surface area contributed by atoms with E-state index in [0.717, 1.165) is 13.0 Å². The molecule has 4 N–H and O–H groups in total. The molecule has 16 heavy (non-hydrogen) atoms. The summed E-state index contributed by atoms with van der Waals surface area (Å²) in [5.74, 6) is 0.617. The molecule has 0 aliphatic carbocycles. The average Bonchev–Trinajstić information content (AvgIpc) is 2.75. The zero-order valence-corrected chi connectivity index (χ0v) is 8.61. The molecule has 1 aromatic rings. The van der Waals surface area contributed by atoms with Crippen LogP contribution in [-0.4, -0.2) is 45.3 Å². The first-order chi connectivity index (χ1) is 7.70. The Morgan fingerprint density at radius 1 is 1.50 bits per heavy atom. The van der Waals surface area contributed by atoms with Crippen LogP contribution in [0.15, 0.2) is 17.5 Å². The van der Waals surface area contributed by atoms with Crippen LogP contribution >= 0.6 is 0 Å². The van der Waals surface area contributed by atoms with Crippen LogP contribution in [0.3, 0.4) is 0 Å². The third kappa shape index (κ3) is 2.03. The number of hydrogen-bond acceptors (Lipinski definition) is 6. The van der Waals surface area contributed by atoms with Gasteiger partial charge in [0.1, 0.15) is 11.5 Å². The maximum atomic E-state index is 9.38. The summed E-state index contributed by atoms with van der Waals surface area (Å²) in [6.45, 7) is 1.33. The fourth-order valence-electron chi connectivity index (χ4n) is 1.62. The molecule has 1 fully saturated rings. The highest BCUT2D eigenvalue weighted by molar-refractivity contribution is 5.94. The summed E-state index contributed by atoms with van der Waals surface area (Å²) in [5, 5.41) is 20.7. The SMILES string of the molecule is NC(=NO)c1cnc(N2CCC(O)C2)cn1. The lowest BCUT2D eigenvalue weighted by atomic mass is 10.3. The summed E-state index contributed by atoms with van der Waals surface area (Å²) in [6.07, 6.45) is 3.43. The Morgan fingerprint density at radius 2 is 2.31 bits per heavy atom. The molecular weight excluding hydrogens is 210 g/mol. The summed E-state index contributed by atoms with van der Waals surface area (Å²) >= 11 is 0. The van der Waals surface area contributed by atoms with E-state index in [0.29, 0.717) is 18.1 Å². The molecule has 0 aromatic carbocycles. The normalized spacial score (nSPS) is 21.4. The van der Waals surface area contributed by atoms with E-state index in [1.807, 2.05) is 4.90 Å². The molecule has 7 heteroatoms. The molecule has 1 saturated heterocycles. The molecule has 1 atom stereocenters.